The number of pyridine rings is 2. The Morgan fingerprint density at radius 1 is 0.600 bits per heavy atom. The van der Waals surface area contributed by atoms with Crippen LogP contribution in [0, 0.1) is 34.6 Å². The van der Waals surface area contributed by atoms with Crippen LogP contribution in [0.1, 0.15) is 27.8 Å². The summed E-state index contributed by atoms with van der Waals surface area (Å²) in [7, 11) is 4.25. The van der Waals surface area contributed by atoms with Crippen LogP contribution in [0.4, 0.5) is 0 Å². The second kappa shape index (κ2) is 6.44. The van der Waals surface area contributed by atoms with Gasteiger partial charge in [-0.1, -0.05) is 6.07 Å². The third-order valence-corrected chi connectivity index (χ3v) is 5.09. The molecule has 2 nitrogen and oxygen atoms in total. The third-order valence-electron chi connectivity index (χ3n) is 5.09. The fourth-order valence-corrected chi connectivity index (χ4v) is 3.82. The Morgan fingerprint density at radius 3 is 1.40 bits per heavy atom. The molecule has 0 radical (unpaired) electrons. The number of hydrogen-bond donors (Lipinski definition) is 0. The molecule has 3 aromatic rings. The number of rotatable bonds is 2. The molecule has 2 heterocycles. The predicted octanol–water partition coefficient (Wildman–Crippen LogP) is 4.21. The van der Waals surface area contributed by atoms with E-state index in [1.165, 1.54) is 50.3 Å². The van der Waals surface area contributed by atoms with E-state index in [1.54, 1.807) is 0 Å². The first-order valence-electron chi connectivity index (χ1n) is 8.83. The molecule has 0 amide bonds. The van der Waals surface area contributed by atoms with Crippen molar-refractivity contribution in [3.63, 3.8) is 0 Å². The van der Waals surface area contributed by atoms with E-state index in [4.69, 9.17) is 0 Å². The Balaban J connectivity index is 2.37. The van der Waals surface area contributed by atoms with Gasteiger partial charge in [-0.2, -0.15) is 0 Å². The zero-order valence-corrected chi connectivity index (χ0v) is 16.4. The second-order valence-electron chi connectivity index (χ2n) is 7.29. The highest BCUT2D eigenvalue weighted by molar-refractivity contribution is 5.78. The molecule has 25 heavy (non-hydrogen) atoms. The lowest BCUT2D eigenvalue weighted by molar-refractivity contribution is -0.660. The van der Waals surface area contributed by atoms with E-state index in [0.717, 1.165) is 0 Å². The third kappa shape index (κ3) is 3.09. The summed E-state index contributed by atoms with van der Waals surface area (Å²) in [5.74, 6) is 0. The van der Waals surface area contributed by atoms with E-state index >= 15 is 0 Å². The van der Waals surface area contributed by atoms with E-state index in [1.807, 2.05) is 0 Å². The van der Waals surface area contributed by atoms with E-state index in [-0.39, 0.29) is 0 Å². The van der Waals surface area contributed by atoms with Gasteiger partial charge in [-0.3, -0.25) is 0 Å². The molecule has 3 rings (SSSR count). The van der Waals surface area contributed by atoms with Crippen molar-refractivity contribution in [1.29, 1.82) is 0 Å². The Morgan fingerprint density at radius 2 is 1.00 bits per heavy atom. The maximum absolute atomic E-state index is 2.32. The quantitative estimate of drug-likeness (QED) is 0.621. The maximum atomic E-state index is 2.32. The number of aromatic nitrogens is 2. The first-order chi connectivity index (χ1) is 11.8. The van der Waals surface area contributed by atoms with Gasteiger partial charge in [0.25, 0.3) is 0 Å². The highest BCUT2D eigenvalue weighted by atomic mass is 14.9. The minimum atomic E-state index is 1.27. The molecular weight excluding hydrogens is 304 g/mol. The molecule has 0 spiro atoms. The van der Waals surface area contributed by atoms with E-state index in [2.05, 4.69) is 101 Å². The summed E-state index contributed by atoms with van der Waals surface area (Å²) >= 11 is 0. The summed E-state index contributed by atoms with van der Waals surface area (Å²) < 4.78 is 4.44. The van der Waals surface area contributed by atoms with E-state index in [9.17, 15) is 0 Å². The van der Waals surface area contributed by atoms with Gasteiger partial charge in [-0.05, 0) is 62.4 Å². The first-order valence-corrected chi connectivity index (χ1v) is 8.83. The maximum Gasteiger partial charge on any atom is 0.213 e. The highest BCUT2D eigenvalue weighted by Gasteiger charge is 2.23. The molecule has 0 N–H and O–H groups in total. The molecule has 0 aliphatic rings. The molecule has 1 aromatic carbocycles. The molecule has 0 aliphatic carbocycles. The van der Waals surface area contributed by atoms with Crippen LogP contribution in [0.3, 0.4) is 0 Å². The molecule has 0 bridgehead atoms. The molecule has 2 heteroatoms. The van der Waals surface area contributed by atoms with E-state index < -0.39 is 0 Å². The van der Waals surface area contributed by atoms with Gasteiger partial charge < -0.3 is 0 Å². The SMILES string of the molecule is Cc1cc[n+](C)c(-c2c(C)cc(C)c(-c3cc(C)cc[n+]3C)c2C)c1. The predicted molar refractivity (Wildman–Crippen MR) is 103 cm³/mol. The first kappa shape index (κ1) is 17.3. The Bertz CT molecular complexity index is 893. The minimum absolute atomic E-state index is 1.27. The van der Waals surface area contributed by atoms with Crippen LogP contribution in [0.2, 0.25) is 0 Å². The van der Waals surface area contributed by atoms with Gasteiger partial charge >= 0.3 is 0 Å². The number of benzene rings is 1. The summed E-state index contributed by atoms with van der Waals surface area (Å²) in [5, 5.41) is 0. The van der Waals surface area contributed by atoms with Crippen molar-refractivity contribution in [3.05, 3.63) is 70.5 Å². The molecule has 0 unspecified atom stereocenters. The Hall–Kier alpha value is -2.48. The van der Waals surface area contributed by atoms with Crippen LogP contribution >= 0.6 is 0 Å². The van der Waals surface area contributed by atoms with Crippen LogP contribution in [-0.4, -0.2) is 0 Å². The van der Waals surface area contributed by atoms with Gasteiger partial charge in [-0.15, -0.1) is 0 Å². The monoisotopic (exact) mass is 332 g/mol. The van der Waals surface area contributed by atoms with Crippen LogP contribution in [0.5, 0.6) is 0 Å². The van der Waals surface area contributed by atoms with E-state index in [0.29, 0.717) is 0 Å². The lowest BCUT2D eigenvalue weighted by Gasteiger charge is -2.15. The van der Waals surface area contributed by atoms with Crippen molar-refractivity contribution in [2.24, 2.45) is 14.1 Å². The summed E-state index contributed by atoms with van der Waals surface area (Å²) in [6.07, 6.45) is 4.30. The van der Waals surface area contributed by atoms with Gasteiger partial charge in [-0.25, -0.2) is 9.13 Å². The van der Waals surface area contributed by atoms with Crippen molar-refractivity contribution in [1.82, 2.24) is 0 Å². The standard InChI is InChI=1S/C23H28N2/c1-15-8-10-24(6)20(12-15)22-17(3)14-18(4)23(19(22)5)21-13-16(2)9-11-25(21)7/h8-14H,1-7H3/q+2. The highest BCUT2D eigenvalue weighted by Crippen LogP contribution is 2.35. The molecule has 0 atom stereocenters. The van der Waals surface area contributed by atoms with Crippen molar-refractivity contribution in [2.45, 2.75) is 34.6 Å². The van der Waals surface area contributed by atoms with Gasteiger partial charge in [0.1, 0.15) is 14.1 Å². The van der Waals surface area contributed by atoms with Crippen LogP contribution < -0.4 is 9.13 Å². The fraction of sp³-hybridized carbons (Fsp3) is 0.304. The lowest BCUT2D eigenvalue weighted by Crippen LogP contribution is -2.32. The zero-order valence-electron chi connectivity index (χ0n) is 16.4. The molecule has 0 saturated carbocycles. The fourth-order valence-electron chi connectivity index (χ4n) is 3.82. The average molecular weight is 332 g/mol. The molecule has 0 fully saturated rings. The molecular formula is C23H28N2+2. The molecule has 0 saturated heterocycles. The molecule has 128 valence electrons. The normalized spacial score (nSPS) is 11.0. The van der Waals surface area contributed by atoms with Gasteiger partial charge in [0.15, 0.2) is 12.4 Å². The lowest BCUT2D eigenvalue weighted by atomic mass is 9.89. The summed E-state index contributed by atoms with van der Waals surface area (Å²) in [6.45, 7) is 11.0. The van der Waals surface area contributed by atoms with Gasteiger partial charge in [0.05, 0.1) is 11.1 Å². The van der Waals surface area contributed by atoms with Crippen molar-refractivity contribution >= 4 is 0 Å². The van der Waals surface area contributed by atoms with Crippen molar-refractivity contribution in [3.8, 4) is 22.5 Å². The Kier molecular flexibility index (Phi) is 4.47. The Labute approximate surface area is 151 Å². The van der Waals surface area contributed by atoms with Crippen LogP contribution in [-0.2, 0) is 14.1 Å². The average Bonchev–Trinajstić information content (AvgIpc) is 2.53. The van der Waals surface area contributed by atoms with Crippen LogP contribution in [0.15, 0.2) is 42.7 Å². The topological polar surface area (TPSA) is 7.76 Å². The summed E-state index contributed by atoms with van der Waals surface area (Å²) in [6, 6.07) is 11.2. The smallest absolute Gasteiger partial charge is 0.201 e. The number of aryl methyl sites for hydroxylation is 6. The number of nitrogens with zero attached hydrogens (tertiary/aromatic N) is 2. The summed E-state index contributed by atoms with van der Waals surface area (Å²) in [4.78, 5) is 0. The van der Waals surface area contributed by atoms with Gasteiger partial charge in [0, 0.05) is 24.3 Å². The van der Waals surface area contributed by atoms with Crippen molar-refractivity contribution < 1.29 is 9.13 Å². The van der Waals surface area contributed by atoms with Gasteiger partial charge in [0.2, 0.25) is 11.4 Å². The van der Waals surface area contributed by atoms with Crippen LogP contribution in [0.25, 0.3) is 22.5 Å². The number of hydrogen-bond acceptors (Lipinski definition) is 0. The second-order valence-corrected chi connectivity index (χ2v) is 7.29. The zero-order chi connectivity index (χ0) is 18.3. The molecule has 0 aliphatic heterocycles. The minimum Gasteiger partial charge on any atom is -0.201 e. The largest absolute Gasteiger partial charge is 0.213 e. The van der Waals surface area contributed by atoms with Crippen molar-refractivity contribution in [2.75, 3.05) is 0 Å². The summed E-state index contributed by atoms with van der Waals surface area (Å²) in [5.41, 5.74) is 11.8. The molecule has 2 aromatic heterocycles.